The number of carbonyl (C=O) groups excluding carboxylic acids is 1. The first-order valence-corrected chi connectivity index (χ1v) is 8.16. The lowest BCUT2D eigenvalue weighted by Gasteiger charge is -2.34. The fourth-order valence-electron chi connectivity index (χ4n) is 2.57. The van der Waals surface area contributed by atoms with E-state index in [-0.39, 0.29) is 28.3 Å². The number of carbonyl (C=O) groups is 1. The predicted octanol–water partition coefficient (Wildman–Crippen LogP) is 3.92. The molecule has 1 aromatic rings. The van der Waals surface area contributed by atoms with Gasteiger partial charge in [0.05, 0.1) is 11.8 Å². The number of halogens is 3. The third-order valence-corrected chi connectivity index (χ3v) is 4.59. The Morgan fingerprint density at radius 2 is 2.13 bits per heavy atom. The van der Waals surface area contributed by atoms with E-state index in [1.807, 2.05) is 0 Å². The number of urea groups is 1. The fraction of sp³-hybridized carbons (Fsp3) is 0.533. The molecule has 2 unspecified atom stereocenters. The van der Waals surface area contributed by atoms with Gasteiger partial charge in [-0.1, -0.05) is 12.1 Å². The number of piperidine rings is 1. The Morgan fingerprint density at radius 3 is 2.78 bits per heavy atom. The number of thioether (sulfide) groups is 1. The Morgan fingerprint density at radius 1 is 1.43 bits per heavy atom. The van der Waals surface area contributed by atoms with Gasteiger partial charge in [-0.3, -0.25) is 0 Å². The average molecular weight is 348 g/mol. The molecule has 1 fully saturated rings. The molecule has 1 aliphatic rings. The fourth-order valence-corrected chi connectivity index (χ4v) is 3.19. The van der Waals surface area contributed by atoms with Crippen LogP contribution in [0.25, 0.3) is 0 Å². The number of para-hydroxylation sites is 1. The number of alkyl halides is 3. The molecule has 1 heterocycles. The molecule has 2 N–H and O–H groups in total. The number of nitrogens with zero attached hydrogens (tertiary/aromatic N) is 1. The average Bonchev–Trinajstić information content (AvgIpc) is 2.48. The van der Waals surface area contributed by atoms with Gasteiger partial charge in [-0.05, 0) is 43.7 Å². The SMILES string of the molecule is CC(O)C1CCCN(C(=O)Nc2ccccc2SC(F)(F)F)C1. The standard InChI is InChI=1S/C15H19F3N2O2S/c1-10(21)11-5-4-8-20(9-11)14(22)19-12-6-2-3-7-13(12)23-15(16,17)18/h2-3,6-7,10-11,21H,4-5,8-9H2,1H3,(H,19,22). The molecule has 2 amide bonds. The molecule has 0 aromatic heterocycles. The number of rotatable bonds is 3. The first-order chi connectivity index (χ1) is 10.8. The second kappa shape index (κ2) is 7.44. The van der Waals surface area contributed by atoms with Gasteiger partial charge >= 0.3 is 11.5 Å². The van der Waals surface area contributed by atoms with E-state index in [4.69, 9.17) is 0 Å². The van der Waals surface area contributed by atoms with Crippen LogP contribution in [0.4, 0.5) is 23.7 Å². The number of likely N-dealkylation sites (tertiary alicyclic amines) is 1. The van der Waals surface area contributed by atoms with E-state index in [1.54, 1.807) is 13.0 Å². The molecule has 0 aliphatic carbocycles. The van der Waals surface area contributed by atoms with Crippen molar-refractivity contribution in [1.29, 1.82) is 0 Å². The highest BCUT2D eigenvalue weighted by Gasteiger charge is 2.31. The van der Waals surface area contributed by atoms with Crippen molar-refractivity contribution >= 4 is 23.5 Å². The van der Waals surface area contributed by atoms with Crippen LogP contribution in [0.5, 0.6) is 0 Å². The van der Waals surface area contributed by atoms with Crippen LogP contribution in [-0.2, 0) is 0 Å². The number of aliphatic hydroxyl groups excluding tert-OH is 1. The summed E-state index contributed by atoms with van der Waals surface area (Å²) < 4.78 is 37.7. The Kier molecular flexibility index (Phi) is 5.80. The van der Waals surface area contributed by atoms with E-state index < -0.39 is 17.6 Å². The maximum Gasteiger partial charge on any atom is 0.446 e. The zero-order chi connectivity index (χ0) is 17.0. The largest absolute Gasteiger partial charge is 0.446 e. The topological polar surface area (TPSA) is 52.6 Å². The third kappa shape index (κ3) is 5.31. The van der Waals surface area contributed by atoms with E-state index in [1.165, 1.54) is 23.1 Å². The summed E-state index contributed by atoms with van der Waals surface area (Å²) in [5, 5.41) is 12.2. The van der Waals surface area contributed by atoms with Crippen LogP contribution in [0.2, 0.25) is 0 Å². The molecule has 0 radical (unpaired) electrons. The van der Waals surface area contributed by atoms with Crippen LogP contribution in [0.1, 0.15) is 19.8 Å². The molecule has 1 aliphatic heterocycles. The number of hydrogen-bond donors (Lipinski definition) is 2. The Balaban J connectivity index is 2.05. The molecule has 1 saturated heterocycles. The van der Waals surface area contributed by atoms with Crippen LogP contribution < -0.4 is 5.32 Å². The normalized spacial score (nSPS) is 20.2. The minimum absolute atomic E-state index is 0.00528. The van der Waals surface area contributed by atoms with E-state index in [2.05, 4.69) is 5.32 Å². The first-order valence-electron chi connectivity index (χ1n) is 7.35. The summed E-state index contributed by atoms with van der Waals surface area (Å²) in [6.45, 7) is 2.61. The van der Waals surface area contributed by atoms with Crippen LogP contribution in [-0.4, -0.2) is 40.7 Å². The van der Waals surface area contributed by atoms with Crippen molar-refractivity contribution in [3.8, 4) is 0 Å². The molecule has 0 saturated carbocycles. The van der Waals surface area contributed by atoms with Crippen LogP contribution >= 0.6 is 11.8 Å². The van der Waals surface area contributed by atoms with Gasteiger partial charge in [0.15, 0.2) is 0 Å². The molecule has 2 rings (SSSR count). The van der Waals surface area contributed by atoms with Crippen molar-refractivity contribution in [2.75, 3.05) is 18.4 Å². The smallest absolute Gasteiger partial charge is 0.393 e. The summed E-state index contributed by atoms with van der Waals surface area (Å²) in [5.74, 6) is -0.00528. The number of aliphatic hydroxyl groups is 1. The summed E-state index contributed by atoms with van der Waals surface area (Å²) in [7, 11) is 0. The summed E-state index contributed by atoms with van der Waals surface area (Å²) in [4.78, 5) is 13.8. The van der Waals surface area contributed by atoms with Gasteiger partial charge in [-0.25, -0.2) is 4.79 Å². The van der Waals surface area contributed by atoms with Crippen LogP contribution in [0.15, 0.2) is 29.2 Å². The van der Waals surface area contributed by atoms with Crippen molar-refractivity contribution < 1.29 is 23.1 Å². The molecular weight excluding hydrogens is 329 g/mol. The van der Waals surface area contributed by atoms with E-state index in [0.29, 0.717) is 13.1 Å². The first kappa shape index (κ1) is 17.9. The monoisotopic (exact) mass is 348 g/mol. The van der Waals surface area contributed by atoms with Crippen molar-refractivity contribution in [3.05, 3.63) is 24.3 Å². The second-order valence-electron chi connectivity index (χ2n) is 5.56. The Hall–Kier alpha value is -1.41. The lowest BCUT2D eigenvalue weighted by atomic mass is 9.94. The van der Waals surface area contributed by atoms with E-state index in [0.717, 1.165) is 12.8 Å². The Bertz CT molecular complexity index is 552. The van der Waals surface area contributed by atoms with Crippen molar-refractivity contribution in [1.82, 2.24) is 4.90 Å². The minimum Gasteiger partial charge on any atom is -0.393 e. The summed E-state index contributed by atoms with van der Waals surface area (Å²) in [6, 6.07) is 5.40. The lowest BCUT2D eigenvalue weighted by molar-refractivity contribution is -0.0328. The Labute approximate surface area is 137 Å². The quantitative estimate of drug-likeness (QED) is 0.814. The van der Waals surface area contributed by atoms with Crippen molar-refractivity contribution in [2.24, 2.45) is 5.92 Å². The maximum atomic E-state index is 12.6. The summed E-state index contributed by atoms with van der Waals surface area (Å²) in [5.41, 5.74) is -4.28. The van der Waals surface area contributed by atoms with Gasteiger partial charge in [-0.15, -0.1) is 0 Å². The minimum atomic E-state index is -4.41. The van der Waals surface area contributed by atoms with Gasteiger partial charge in [0.2, 0.25) is 0 Å². The lowest BCUT2D eigenvalue weighted by Crippen LogP contribution is -2.44. The number of nitrogens with one attached hydrogen (secondary N) is 1. The molecular formula is C15H19F3N2O2S. The van der Waals surface area contributed by atoms with Gasteiger partial charge in [0.1, 0.15) is 0 Å². The molecule has 1 aromatic carbocycles. The number of benzene rings is 1. The van der Waals surface area contributed by atoms with Gasteiger partial charge < -0.3 is 15.3 Å². The van der Waals surface area contributed by atoms with Crippen LogP contribution in [0.3, 0.4) is 0 Å². The highest BCUT2D eigenvalue weighted by atomic mass is 32.2. The second-order valence-corrected chi connectivity index (χ2v) is 6.67. The van der Waals surface area contributed by atoms with Crippen molar-refractivity contribution in [3.63, 3.8) is 0 Å². The predicted molar refractivity (Wildman–Crippen MR) is 83.4 cm³/mol. The highest BCUT2D eigenvalue weighted by Crippen LogP contribution is 2.40. The molecule has 8 heteroatoms. The van der Waals surface area contributed by atoms with Crippen molar-refractivity contribution in [2.45, 2.75) is 36.3 Å². The zero-order valence-electron chi connectivity index (χ0n) is 12.6. The van der Waals surface area contributed by atoms with Gasteiger partial charge in [-0.2, -0.15) is 13.2 Å². The van der Waals surface area contributed by atoms with Crippen LogP contribution in [0, 0.1) is 5.92 Å². The van der Waals surface area contributed by atoms with E-state index in [9.17, 15) is 23.1 Å². The molecule has 4 nitrogen and oxygen atoms in total. The highest BCUT2D eigenvalue weighted by molar-refractivity contribution is 8.00. The van der Waals surface area contributed by atoms with Gasteiger partial charge in [0.25, 0.3) is 0 Å². The third-order valence-electron chi connectivity index (χ3n) is 3.78. The summed E-state index contributed by atoms with van der Waals surface area (Å²) >= 11 is -0.252. The molecule has 0 spiro atoms. The number of amides is 2. The molecule has 2 atom stereocenters. The number of hydrogen-bond acceptors (Lipinski definition) is 3. The number of anilines is 1. The zero-order valence-corrected chi connectivity index (χ0v) is 13.5. The van der Waals surface area contributed by atoms with E-state index >= 15 is 0 Å². The summed E-state index contributed by atoms with van der Waals surface area (Å²) in [6.07, 6.45) is 1.09. The van der Waals surface area contributed by atoms with Gasteiger partial charge in [0, 0.05) is 23.9 Å². The molecule has 0 bridgehead atoms. The molecule has 23 heavy (non-hydrogen) atoms. The molecule has 128 valence electrons. The maximum absolute atomic E-state index is 12.6.